The number of nitrogens with zero attached hydrogens (tertiary/aromatic N) is 1. The molecule has 1 atom stereocenters. The van der Waals surface area contributed by atoms with Crippen molar-refractivity contribution < 1.29 is 12.8 Å². The molecule has 0 aliphatic heterocycles. The molecule has 0 aliphatic rings. The number of primary sulfonamides is 1. The third-order valence-electron chi connectivity index (χ3n) is 4.69. The number of thioether (sulfide) groups is 1. The summed E-state index contributed by atoms with van der Waals surface area (Å²) in [5, 5.41) is 7.15. The second-order valence-electron chi connectivity index (χ2n) is 8.35. The summed E-state index contributed by atoms with van der Waals surface area (Å²) in [5.74, 6) is 1.02. The fraction of sp³-hybridized carbons (Fsp3) is 0.542. The van der Waals surface area contributed by atoms with Crippen molar-refractivity contribution >= 4 is 27.8 Å². The number of aromatic nitrogens is 1. The number of sulfonamides is 1. The Bertz CT molecular complexity index is 891. The second kappa shape index (κ2) is 15.1. The van der Waals surface area contributed by atoms with Gasteiger partial charge in [-0.25, -0.2) is 18.5 Å². The first-order valence-corrected chi connectivity index (χ1v) is 13.7. The van der Waals surface area contributed by atoms with Gasteiger partial charge in [-0.3, -0.25) is 0 Å². The number of rotatable bonds is 15. The molecular formula is C24H39N3O3S2. The lowest BCUT2D eigenvalue weighted by molar-refractivity contribution is 0.561. The lowest BCUT2D eigenvalue weighted by atomic mass is 10.0. The van der Waals surface area contributed by atoms with E-state index in [4.69, 9.17) is 9.56 Å². The van der Waals surface area contributed by atoms with Gasteiger partial charge in [0.05, 0.1) is 6.20 Å². The molecule has 0 bridgehead atoms. The number of nitrogens with one attached hydrogen (secondary N) is 1. The van der Waals surface area contributed by atoms with E-state index in [1.165, 1.54) is 46.5 Å². The Balaban J connectivity index is 2.62. The zero-order chi connectivity index (χ0) is 24.0. The Kier molecular flexibility index (Phi) is 13.4. The standard InChI is InChI=1S/C24H39N3O3S2/c1-19(2)8-6-9-21(5)10-7-11-22(13-12-20(3)4)14-17-31-18-23(32(25,28)29)27-24-26-15-16-30-24/h8,10,12,14-16,23H,6-7,9,11,13,17-18H2,1-5H3,(H,26,27)(H2,25,28,29). The molecule has 0 saturated carbocycles. The zero-order valence-corrected chi connectivity index (χ0v) is 21.7. The Morgan fingerprint density at radius 1 is 1.09 bits per heavy atom. The second-order valence-corrected chi connectivity index (χ2v) is 11.2. The Morgan fingerprint density at radius 3 is 2.38 bits per heavy atom. The van der Waals surface area contributed by atoms with Crippen LogP contribution in [0.2, 0.25) is 0 Å². The van der Waals surface area contributed by atoms with Crippen molar-refractivity contribution in [2.75, 3.05) is 16.8 Å². The molecule has 0 fully saturated rings. The molecule has 0 aromatic carbocycles. The van der Waals surface area contributed by atoms with E-state index < -0.39 is 15.4 Å². The minimum Gasteiger partial charge on any atom is -0.432 e. The van der Waals surface area contributed by atoms with Crippen molar-refractivity contribution in [1.29, 1.82) is 0 Å². The number of hydrogen-bond donors (Lipinski definition) is 2. The zero-order valence-electron chi connectivity index (χ0n) is 20.1. The van der Waals surface area contributed by atoms with Gasteiger partial charge < -0.3 is 9.73 Å². The van der Waals surface area contributed by atoms with Crippen LogP contribution in [-0.4, -0.2) is 30.3 Å². The van der Waals surface area contributed by atoms with Gasteiger partial charge in [0.1, 0.15) is 6.26 Å². The highest BCUT2D eigenvalue weighted by Gasteiger charge is 2.22. The van der Waals surface area contributed by atoms with Crippen LogP contribution in [0, 0.1) is 0 Å². The first-order chi connectivity index (χ1) is 15.1. The van der Waals surface area contributed by atoms with Gasteiger partial charge in [-0.15, -0.1) is 0 Å². The lowest BCUT2D eigenvalue weighted by Crippen LogP contribution is -2.37. The highest BCUT2D eigenvalue weighted by Crippen LogP contribution is 2.18. The molecular weight excluding hydrogens is 442 g/mol. The van der Waals surface area contributed by atoms with Crippen molar-refractivity contribution in [3.63, 3.8) is 0 Å². The highest BCUT2D eigenvalue weighted by atomic mass is 32.2. The molecule has 3 N–H and O–H groups in total. The summed E-state index contributed by atoms with van der Waals surface area (Å²) in [6, 6.07) is 0.149. The summed E-state index contributed by atoms with van der Waals surface area (Å²) in [4.78, 5) is 3.91. The summed E-state index contributed by atoms with van der Waals surface area (Å²) in [5.41, 5.74) is 5.44. The molecule has 0 spiro atoms. The van der Waals surface area contributed by atoms with E-state index >= 15 is 0 Å². The number of nitrogens with two attached hydrogens (primary N) is 1. The van der Waals surface area contributed by atoms with Gasteiger partial charge in [0.25, 0.3) is 6.01 Å². The van der Waals surface area contributed by atoms with Crippen LogP contribution in [0.4, 0.5) is 6.01 Å². The average molecular weight is 482 g/mol. The van der Waals surface area contributed by atoms with Gasteiger partial charge in [-0.1, -0.05) is 46.6 Å². The van der Waals surface area contributed by atoms with E-state index in [1.807, 2.05) is 0 Å². The molecule has 180 valence electrons. The van der Waals surface area contributed by atoms with Crippen LogP contribution in [-0.2, 0) is 10.0 Å². The van der Waals surface area contributed by atoms with Crippen LogP contribution in [0.5, 0.6) is 0 Å². The highest BCUT2D eigenvalue weighted by molar-refractivity contribution is 8.00. The Labute approximate surface area is 198 Å². The summed E-state index contributed by atoms with van der Waals surface area (Å²) in [6.07, 6.45) is 17.0. The molecule has 0 saturated heterocycles. The van der Waals surface area contributed by atoms with Crippen LogP contribution in [0.15, 0.2) is 63.5 Å². The fourth-order valence-corrected chi connectivity index (χ4v) is 4.92. The molecule has 1 heterocycles. The van der Waals surface area contributed by atoms with E-state index in [-0.39, 0.29) is 6.01 Å². The molecule has 0 aliphatic carbocycles. The maximum atomic E-state index is 11.9. The number of oxazole rings is 1. The molecule has 6 nitrogen and oxygen atoms in total. The van der Waals surface area contributed by atoms with Crippen LogP contribution in [0.1, 0.15) is 66.7 Å². The van der Waals surface area contributed by atoms with Gasteiger partial charge in [0.15, 0.2) is 5.37 Å². The van der Waals surface area contributed by atoms with Gasteiger partial charge in [0.2, 0.25) is 10.0 Å². The summed E-state index contributed by atoms with van der Waals surface area (Å²) in [6.45, 7) is 10.7. The number of hydrogen-bond acceptors (Lipinski definition) is 6. The minimum atomic E-state index is -3.77. The van der Waals surface area contributed by atoms with Gasteiger partial charge in [-0.05, 0) is 66.7 Å². The van der Waals surface area contributed by atoms with Crippen LogP contribution < -0.4 is 10.5 Å². The Hall–Kier alpha value is -1.77. The van der Waals surface area contributed by atoms with Gasteiger partial charge in [0, 0.05) is 11.5 Å². The molecule has 1 aromatic heterocycles. The molecule has 32 heavy (non-hydrogen) atoms. The van der Waals surface area contributed by atoms with Crippen molar-refractivity contribution in [3.8, 4) is 0 Å². The average Bonchev–Trinajstić information content (AvgIpc) is 3.19. The molecule has 0 amide bonds. The smallest absolute Gasteiger partial charge is 0.295 e. The molecule has 0 radical (unpaired) electrons. The molecule has 1 rings (SSSR count). The van der Waals surface area contributed by atoms with Crippen molar-refractivity contribution in [3.05, 3.63) is 59.1 Å². The van der Waals surface area contributed by atoms with E-state index in [9.17, 15) is 8.42 Å². The van der Waals surface area contributed by atoms with Crippen molar-refractivity contribution in [2.24, 2.45) is 5.14 Å². The predicted octanol–water partition coefficient (Wildman–Crippen LogP) is 6.19. The third kappa shape index (κ3) is 13.6. The lowest BCUT2D eigenvalue weighted by Gasteiger charge is -2.14. The van der Waals surface area contributed by atoms with Crippen LogP contribution >= 0.6 is 11.8 Å². The maximum absolute atomic E-state index is 11.9. The van der Waals surface area contributed by atoms with Crippen molar-refractivity contribution in [2.45, 2.75) is 72.1 Å². The minimum absolute atomic E-state index is 0.149. The quantitative estimate of drug-likeness (QED) is 0.229. The normalized spacial score (nSPS) is 13.6. The largest absolute Gasteiger partial charge is 0.432 e. The monoisotopic (exact) mass is 481 g/mol. The molecule has 1 aromatic rings. The summed E-state index contributed by atoms with van der Waals surface area (Å²) >= 11 is 1.52. The van der Waals surface area contributed by atoms with E-state index in [0.29, 0.717) is 11.5 Å². The third-order valence-corrected chi connectivity index (χ3v) is 6.95. The summed E-state index contributed by atoms with van der Waals surface area (Å²) < 4.78 is 28.8. The topological polar surface area (TPSA) is 98.2 Å². The van der Waals surface area contributed by atoms with Gasteiger partial charge >= 0.3 is 0 Å². The van der Waals surface area contributed by atoms with Crippen LogP contribution in [0.25, 0.3) is 0 Å². The predicted molar refractivity (Wildman–Crippen MR) is 138 cm³/mol. The number of anilines is 1. The number of allylic oxidation sites excluding steroid dienone is 7. The SMILES string of the molecule is CC(C)=CCCC(C)=CCCC(=CCSCC(Nc1ncco1)S(N)(=O)=O)CC=C(C)C. The Morgan fingerprint density at radius 2 is 1.78 bits per heavy atom. The van der Waals surface area contributed by atoms with Gasteiger partial charge in [-0.2, -0.15) is 11.8 Å². The van der Waals surface area contributed by atoms with E-state index in [1.54, 1.807) is 0 Å². The molecule has 1 unspecified atom stereocenters. The van der Waals surface area contributed by atoms with Crippen LogP contribution in [0.3, 0.4) is 0 Å². The van der Waals surface area contributed by atoms with Crippen molar-refractivity contribution in [1.82, 2.24) is 4.98 Å². The van der Waals surface area contributed by atoms with E-state index in [2.05, 4.69) is 69.2 Å². The maximum Gasteiger partial charge on any atom is 0.295 e. The van der Waals surface area contributed by atoms with E-state index in [0.717, 1.165) is 32.1 Å². The first kappa shape index (κ1) is 28.3. The molecule has 8 heteroatoms. The fourth-order valence-electron chi connectivity index (χ4n) is 2.82. The first-order valence-electron chi connectivity index (χ1n) is 10.9. The summed E-state index contributed by atoms with van der Waals surface area (Å²) in [7, 11) is -3.77.